The lowest BCUT2D eigenvalue weighted by Gasteiger charge is -2.08. The van der Waals surface area contributed by atoms with E-state index in [-0.39, 0.29) is 0 Å². The summed E-state index contributed by atoms with van der Waals surface area (Å²) in [5.74, 6) is 0.683. The molecule has 3 rings (SSSR count). The monoisotopic (exact) mass is 294 g/mol. The van der Waals surface area contributed by atoms with E-state index in [2.05, 4.69) is 30.3 Å². The number of fused-ring (bicyclic) bond motifs is 1. The first-order valence-corrected chi connectivity index (χ1v) is 8.06. The molecule has 0 radical (unpaired) electrons. The molecular weight excluding hydrogens is 272 g/mol. The van der Waals surface area contributed by atoms with Crippen LogP contribution in [0.4, 0.5) is 0 Å². The van der Waals surface area contributed by atoms with Crippen LogP contribution in [-0.4, -0.2) is 17.0 Å². The summed E-state index contributed by atoms with van der Waals surface area (Å²) >= 11 is 0. The van der Waals surface area contributed by atoms with Crippen LogP contribution in [0.5, 0.6) is 0 Å². The van der Waals surface area contributed by atoms with E-state index in [1.54, 1.807) is 0 Å². The van der Waals surface area contributed by atoms with Crippen molar-refractivity contribution in [1.82, 2.24) is 0 Å². The van der Waals surface area contributed by atoms with Gasteiger partial charge in [0.15, 0.2) is 0 Å². The summed E-state index contributed by atoms with van der Waals surface area (Å²) in [7, 11) is 0. The van der Waals surface area contributed by atoms with Crippen molar-refractivity contribution in [3.63, 3.8) is 0 Å². The highest BCUT2D eigenvalue weighted by molar-refractivity contribution is 5.83. The molecular formula is C20H22O2. The summed E-state index contributed by atoms with van der Waals surface area (Å²) in [5, 5.41) is 12.6. The quantitative estimate of drug-likeness (QED) is 0.844. The Morgan fingerprint density at radius 2 is 2.00 bits per heavy atom. The van der Waals surface area contributed by atoms with Crippen molar-refractivity contribution in [3.8, 4) is 0 Å². The predicted molar refractivity (Wildman–Crippen MR) is 89.8 cm³/mol. The Morgan fingerprint density at radius 1 is 1.18 bits per heavy atom. The Bertz CT molecular complexity index is 687. The van der Waals surface area contributed by atoms with Crippen LogP contribution >= 0.6 is 0 Å². The fourth-order valence-corrected chi connectivity index (χ4v) is 3.10. The molecule has 1 N–H and O–H groups in total. The second-order valence-electron chi connectivity index (χ2n) is 6.21. The maximum atomic E-state index is 11.2. The van der Waals surface area contributed by atoms with E-state index in [0.717, 1.165) is 19.3 Å². The number of aliphatic hydroxyl groups excluding tert-OH is 1. The van der Waals surface area contributed by atoms with Gasteiger partial charge in [0, 0.05) is 12.8 Å². The number of hydrogen-bond donors (Lipinski definition) is 1. The first-order valence-electron chi connectivity index (χ1n) is 8.06. The average molecular weight is 294 g/mol. The van der Waals surface area contributed by atoms with Gasteiger partial charge in [0.25, 0.3) is 0 Å². The minimum Gasteiger partial charge on any atom is -0.389 e. The van der Waals surface area contributed by atoms with Gasteiger partial charge in [0.2, 0.25) is 0 Å². The van der Waals surface area contributed by atoms with E-state index in [0.29, 0.717) is 24.5 Å². The Kier molecular flexibility index (Phi) is 4.69. The number of hydrogen-bond acceptors (Lipinski definition) is 2. The molecule has 0 heterocycles. The first-order chi connectivity index (χ1) is 10.7. The number of rotatable bonds is 5. The minimum absolute atomic E-state index is 0.336. The molecule has 1 unspecified atom stereocenters. The fourth-order valence-electron chi connectivity index (χ4n) is 3.10. The van der Waals surface area contributed by atoms with E-state index in [1.165, 1.54) is 16.3 Å². The summed E-state index contributed by atoms with van der Waals surface area (Å²) in [6.45, 7) is 0. The Labute approximate surface area is 131 Å². The van der Waals surface area contributed by atoms with Crippen molar-refractivity contribution >= 4 is 16.6 Å². The van der Waals surface area contributed by atoms with Crippen LogP contribution < -0.4 is 0 Å². The molecule has 1 saturated carbocycles. The lowest BCUT2D eigenvalue weighted by Crippen LogP contribution is -2.05. The van der Waals surface area contributed by atoms with Gasteiger partial charge >= 0.3 is 0 Å². The molecule has 0 bridgehead atoms. The number of carbonyl (C=O) groups is 1. The predicted octanol–water partition coefficient (Wildman–Crippen LogP) is 4.06. The third kappa shape index (κ3) is 3.83. The second-order valence-corrected chi connectivity index (χ2v) is 6.21. The van der Waals surface area contributed by atoms with Gasteiger partial charge in [0.05, 0.1) is 6.10 Å². The highest BCUT2D eigenvalue weighted by Gasteiger charge is 2.19. The van der Waals surface area contributed by atoms with Crippen LogP contribution in [-0.2, 0) is 11.2 Å². The molecule has 2 aromatic carbocycles. The Balaban J connectivity index is 1.54. The van der Waals surface area contributed by atoms with Crippen molar-refractivity contribution in [1.29, 1.82) is 0 Å². The van der Waals surface area contributed by atoms with Gasteiger partial charge in [-0.25, -0.2) is 0 Å². The number of carbonyl (C=O) groups excluding carboxylic acids is 1. The van der Waals surface area contributed by atoms with E-state index in [9.17, 15) is 9.90 Å². The van der Waals surface area contributed by atoms with Gasteiger partial charge in [-0.05, 0) is 41.5 Å². The molecule has 0 spiro atoms. The Morgan fingerprint density at radius 3 is 2.77 bits per heavy atom. The van der Waals surface area contributed by atoms with E-state index in [1.807, 2.05) is 24.3 Å². The van der Waals surface area contributed by atoms with Crippen LogP contribution in [0.1, 0.15) is 31.2 Å². The van der Waals surface area contributed by atoms with Gasteiger partial charge < -0.3 is 5.11 Å². The molecule has 1 fully saturated rings. The first kappa shape index (κ1) is 15.0. The molecule has 0 amide bonds. The largest absolute Gasteiger partial charge is 0.389 e. The van der Waals surface area contributed by atoms with Gasteiger partial charge in [0.1, 0.15) is 5.78 Å². The Hall–Kier alpha value is -1.93. The zero-order valence-corrected chi connectivity index (χ0v) is 12.7. The average Bonchev–Trinajstić information content (AvgIpc) is 2.96. The number of Topliss-reactive ketones (excluding diaryl/α,β-unsaturated/α-hetero) is 1. The smallest absolute Gasteiger partial charge is 0.133 e. The summed E-state index contributed by atoms with van der Waals surface area (Å²) in [6, 6.07) is 14.8. The summed E-state index contributed by atoms with van der Waals surface area (Å²) in [6.07, 6.45) is 7.32. The lowest BCUT2D eigenvalue weighted by molar-refractivity contribution is -0.117. The number of allylic oxidation sites excluding steroid dienone is 1. The standard InChI is InChI=1S/C20H22O2/c21-19(11-7-16-8-12-20(22)14-16)10-6-15-5-9-17-3-1-2-4-18(17)13-15/h1-5,7,9,11,13,16,19,21H,6,8,10,12,14H2/b11-7+/t16-,19?/m0/s1. The molecule has 2 atom stereocenters. The van der Waals surface area contributed by atoms with E-state index in [4.69, 9.17) is 0 Å². The van der Waals surface area contributed by atoms with Crippen LogP contribution in [0.15, 0.2) is 54.6 Å². The minimum atomic E-state index is -0.429. The molecule has 2 nitrogen and oxygen atoms in total. The summed E-state index contributed by atoms with van der Waals surface area (Å²) in [5.41, 5.74) is 1.25. The van der Waals surface area contributed by atoms with Crippen molar-refractivity contribution in [3.05, 3.63) is 60.2 Å². The number of aryl methyl sites for hydroxylation is 1. The van der Waals surface area contributed by atoms with E-state index < -0.39 is 6.10 Å². The summed E-state index contributed by atoms with van der Waals surface area (Å²) in [4.78, 5) is 11.2. The SMILES string of the molecule is O=C1CC[C@H](/C=C/C(O)CCc2ccc3ccccc3c2)C1. The molecule has 1 aliphatic carbocycles. The van der Waals surface area contributed by atoms with Gasteiger partial charge in [-0.2, -0.15) is 0 Å². The van der Waals surface area contributed by atoms with Crippen LogP contribution in [0.2, 0.25) is 0 Å². The molecule has 0 aromatic heterocycles. The highest BCUT2D eigenvalue weighted by atomic mass is 16.3. The molecule has 1 aliphatic rings. The third-order valence-electron chi connectivity index (χ3n) is 4.43. The van der Waals surface area contributed by atoms with Crippen LogP contribution in [0.3, 0.4) is 0 Å². The number of aliphatic hydroxyl groups is 1. The van der Waals surface area contributed by atoms with Gasteiger partial charge in [-0.15, -0.1) is 0 Å². The maximum Gasteiger partial charge on any atom is 0.133 e. The third-order valence-corrected chi connectivity index (χ3v) is 4.43. The summed E-state index contributed by atoms with van der Waals surface area (Å²) < 4.78 is 0. The van der Waals surface area contributed by atoms with Crippen molar-refractivity contribution in [2.24, 2.45) is 5.92 Å². The van der Waals surface area contributed by atoms with Gasteiger partial charge in [-0.1, -0.05) is 54.6 Å². The van der Waals surface area contributed by atoms with Crippen molar-refractivity contribution in [2.75, 3.05) is 0 Å². The van der Waals surface area contributed by atoms with Crippen molar-refractivity contribution < 1.29 is 9.90 Å². The fraction of sp³-hybridized carbons (Fsp3) is 0.350. The lowest BCUT2D eigenvalue weighted by atomic mass is 10.0. The van der Waals surface area contributed by atoms with Crippen molar-refractivity contribution in [2.45, 2.75) is 38.2 Å². The zero-order valence-electron chi connectivity index (χ0n) is 12.7. The zero-order chi connectivity index (χ0) is 15.4. The van der Waals surface area contributed by atoms with Gasteiger partial charge in [-0.3, -0.25) is 4.79 Å². The van der Waals surface area contributed by atoms with Crippen LogP contribution in [0.25, 0.3) is 10.8 Å². The molecule has 114 valence electrons. The topological polar surface area (TPSA) is 37.3 Å². The second kappa shape index (κ2) is 6.89. The number of ketones is 1. The normalized spacial score (nSPS) is 20.0. The number of benzene rings is 2. The molecule has 2 aromatic rings. The van der Waals surface area contributed by atoms with Crippen LogP contribution in [0, 0.1) is 5.92 Å². The molecule has 2 heteroatoms. The van der Waals surface area contributed by atoms with E-state index >= 15 is 0 Å². The highest BCUT2D eigenvalue weighted by Crippen LogP contribution is 2.23. The molecule has 0 saturated heterocycles. The maximum absolute atomic E-state index is 11.2. The molecule has 0 aliphatic heterocycles. The molecule has 22 heavy (non-hydrogen) atoms.